The number of aliphatic hydroxyl groups excluding tert-OH is 1. The largest absolute Gasteiger partial charge is 0.497 e. The third-order valence-corrected chi connectivity index (χ3v) is 2.87. The Morgan fingerprint density at radius 2 is 1.94 bits per heavy atom. The van der Waals surface area contributed by atoms with E-state index in [4.69, 9.17) is 4.74 Å². The molecule has 0 fully saturated rings. The first kappa shape index (κ1) is 12.6. The Morgan fingerprint density at radius 3 is 2.44 bits per heavy atom. The number of hydrogen-bond donors (Lipinski definition) is 1. The Kier molecular flexibility index (Phi) is 3.67. The molecule has 18 heavy (non-hydrogen) atoms. The van der Waals surface area contributed by atoms with Crippen LogP contribution in [0.1, 0.15) is 31.2 Å². The van der Waals surface area contributed by atoms with E-state index in [1.54, 1.807) is 11.8 Å². The minimum absolute atomic E-state index is 0.0221. The summed E-state index contributed by atoms with van der Waals surface area (Å²) in [5.41, 5.74) is 2.70. The number of aromatic nitrogens is 2. The lowest BCUT2D eigenvalue weighted by atomic mass is 10.1. The maximum Gasteiger partial charge on any atom is 0.119 e. The SMILES string of the molecule is COc1ccc(-n2nc(C(C)C)cc2CO)cc1. The van der Waals surface area contributed by atoms with Crippen LogP contribution in [0.3, 0.4) is 0 Å². The summed E-state index contributed by atoms with van der Waals surface area (Å²) < 4.78 is 6.90. The molecule has 1 aromatic heterocycles. The van der Waals surface area contributed by atoms with Crippen LogP contribution in [0, 0.1) is 0 Å². The van der Waals surface area contributed by atoms with Crippen LogP contribution in [-0.2, 0) is 6.61 Å². The van der Waals surface area contributed by atoms with Gasteiger partial charge in [-0.25, -0.2) is 4.68 Å². The van der Waals surface area contributed by atoms with Crippen molar-refractivity contribution in [3.8, 4) is 11.4 Å². The van der Waals surface area contributed by atoms with E-state index in [0.29, 0.717) is 5.92 Å². The molecule has 1 aromatic carbocycles. The fourth-order valence-corrected chi connectivity index (χ4v) is 1.78. The van der Waals surface area contributed by atoms with Gasteiger partial charge < -0.3 is 9.84 Å². The standard InChI is InChI=1S/C14H18N2O2/c1-10(2)14-8-12(9-17)16(15-14)11-4-6-13(18-3)7-5-11/h4-8,10,17H,9H2,1-3H3. The lowest BCUT2D eigenvalue weighted by molar-refractivity contribution is 0.273. The van der Waals surface area contributed by atoms with Gasteiger partial charge in [0.05, 0.1) is 30.8 Å². The molecular weight excluding hydrogens is 228 g/mol. The lowest BCUT2D eigenvalue weighted by Crippen LogP contribution is -2.02. The first-order valence-corrected chi connectivity index (χ1v) is 6.00. The minimum atomic E-state index is -0.0221. The van der Waals surface area contributed by atoms with Crippen LogP contribution in [0.4, 0.5) is 0 Å². The molecule has 96 valence electrons. The summed E-state index contributed by atoms with van der Waals surface area (Å²) in [6.07, 6.45) is 0. The second-order valence-corrected chi connectivity index (χ2v) is 4.48. The van der Waals surface area contributed by atoms with Gasteiger partial charge >= 0.3 is 0 Å². The van der Waals surface area contributed by atoms with Gasteiger partial charge in [-0.2, -0.15) is 5.10 Å². The lowest BCUT2D eigenvalue weighted by Gasteiger charge is -2.06. The van der Waals surface area contributed by atoms with Gasteiger partial charge in [0.1, 0.15) is 5.75 Å². The van der Waals surface area contributed by atoms with Gasteiger partial charge in [-0.05, 0) is 36.2 Å². The van der Waals surface area contributed by atoms with Crippen molar-refractivity contribution in [2.24, 2.45) is 0 Å². The summed E-state index contributed by atoms with van der Waals surface area (Å²) in [5, 5.41) is 13.9. The molecule has 2 aromatic rings. The Hall–Kier alpha value is -1.81. The van der Waals surface area contributed by atoms with Crippen LogP contribution in [0.5, 0.6) is 5.75 Å². The highest BCUT2D eigenvalue weighted by Gasteiger charge is 2.11. The van der Waals surface area contributed by atoms with Gasteiger partial charge in [0, 0.05) is 0 Å². The molecular formula is C14H18N2O2. The molecule has 0 spiro atoms. The summed E-state index contributed by atoms with van der Waals surface area (Å²) in [6.45, 7) is 4.15. The minimum Gasteiger partial charge on any atom is -0.497 e. The summed E-state index contributed by atoms with van der Waals surface area (Å²) in [7, 11) is 1.64. The molecule has 1 heterocycles. The van der Waals surface area contributed by atoms with E-state index in [0.717, 1.165) is 22.8 Å². The number of hydrogen-bond acceptors (Lipinski definition) is 3. The van der Waals surface area contributed by atoms with Crippen LogP contribution in [0.15, 0.2) is 30.3 Å². The van der Waals surface area contributed by atoms with Crippen molar-refractivity contribution >= 4 is 0 Å². The Balaban J connectivity index is 2.41. The van der Waals surface area contributed by atoms with E-state index in [-0.39, 0.29) is 6.61 Å². The number of ether oxygens (including phenoxy) is 1. The van der Waals surface area contributed by atoms with Crippen LogP contribution < -0.4 is 4.74 Å². The smallest absolute Gasteiger partial charge is 0.119 e. The van der Waals surface area contributed by atoms with E-state index in [1.165, 1.54) is 0 Å². The molecule has 0 saturated carbocycles. The molecule has 0 aliphatic rings. The van der Waals surface area contributed by atoms with Crippen molar-refractivity contribution in [2.45, 2.75) is 26.4 Å². The highest BCUT2D eigenvalue weighted by atomic mass is 16.5. The van der Waals surface area contributed by atoms with E-state index in [9.17, 15) is 5.11 Å². The predicted octanol–water partition coefficient (Wildman–Crippen LogP) is 2.50. The van der Waals surface area contributed by atoms with Crippen LogP contribution in [0.2, 0.25) is 0 Å². The van der Waals surface area contributed by atoms with Crippen LogP contribution in [0.25, 0.3) is 5.69 Å². The van der Waals surface area contributed by atoms with Crippen molar-refractivity contribution in [1.82, 2.24) is 9.78 Å². The number of methoxy groups -OCH3 is 1. The van der Waals surface area contributed by atoms with E-state index in [1.807, 2.05) is 30.3 Å². The average Bonchev–Trinajstić information content (AvgIpc) is 2.83. The molecule has 0 unspecified atom stereocenters. The number of aliphatic hydroxyl groups is 1. The first-order valence-electron chi connectivity index (χ1n) is 6.00. The molecule has 0 bridgehead atoms. The molecule has 0 aliphatic heterocycles. The second-order valence-electron chi connectivity index (χ2n) is 4.48. The quantitative estimate of drug-likeness (QED) is 0.901. The molecule has 0 atom stereocenters. The zero-order valence-electron chi connectivity index (χ0n) is 10.9. The first-order chi connectivity index (χ1) is 8.65. The number of benzene rings is 1. The molecule has 0 aliphatic carbocycles. The van der Waals surface area contributed by atoms with Crippen molar-refractivity contribution in [1.29, 1.82) is 0 Å². The monoisotopic (exact) mass is 246 g/mol. The van der Waals surface area contributed by atoms with Gasteiger partial charge in [-0.1, -0.05) is 13.8 Å². The summed E-state index contributed by atoms with van der Waals surface area (Å²) in [4.78, 5) is 0. The second kappa shape index (κ2) is 5.23. The summed E-state index contributed by atoms with van der Waals surface area (Å²) >= 11 is 0. The summed E-state index contributed by atoms with van der Waals surface area (Å²) in [5.74, 6) is 1.15. The summed E-state index contributed by atoms with van der Waals surface area (Å²) in [6, 6.07) is 9.56. The maximum atomic E-state index is 9.39. The van der Waals surface area contributed by atoms with Crippen LogP contribution >= 0.6 is 0 Å². The maximum absolute atomic E-state index is 9.39. The molecule has 4 nitrogen and oxygen atoms in total. The zero-order chi connectivity index (χ0) is 13.1. The molecule has 4 heteroatoms. The Morgan fingerprint density at radius 1 is 1.28 bits per heavy atom. The van der Waals surface area contributed by atoms with E-state index < -0.39 is 0 Å². The fourth-order valence-electron chi connectivity index (χ4n) is 1.78. The molecule has 2 rings (SSSR count). The van der Waals surface area contributed by atoms with Gasteiger partial charge in [-0.15, -0.1) is 0 Å². The zero-order valence-corrected chi connectivity index (χ0v) is 10.9. The van der Waals surface area contributed by atoms with E-state index in [2.05, 4.69) is 18.9 Å². The fraction of sp³-hybridized carbons (Fsp3) is 0.357. The molecule has 0 radical (unpaired) electrons. The normalized spacial score (nSPS) is 10.9. The molecule has 1 N–H and O–H groups in total. The van der Waals surface area contributed by atoms with Crippen molar-refractivity contribution < 1.29 is 9.84 Å². The van der Waals surface area contributed by atoms with Crippen molar-refractivity contribution in [3.63, 3.8) is 0 Å². The van der Waals surface area contributed by atoms with Crippen molar-refractivity contribution in [3.05, 3.63) is 41.7 Å². The Labute approximate surface area is 107 Å². The molecule has 0 saturated heterocycles. The third-order valence-electron chi connectivity index (χ3n) is 2.87. The Bertz CT molecular complexity index is 515. The van der Waals surface area contributed by atoms with Gasteiger partial charge in [0.2, 0.25) is 0 Å². The van der Waals surface area contributed by atoms with Crippen LogP contribution in [-0.4, -0.2) is 22.0 Å². The van der Waals surface area contributed by atoms with Crippen molar-refractivity contribution in [2.75, 3.05) is 7.11 Å². The van der Waals surface area contributed by atoms with E-state index >= 15 is 0 Å². The predicted molar refractivity (Wildman–Crippen MR) is 70.1 cm³/mol. The van der Waals surface area contributed by atoms with Gasteiger partial charge in [-0.3, -0.25) is 0 Å². The average molecular weight is 246 g/mol. The van der Waals surface area contributed by atoms with Gasteiger partial charge in [0.15, 0.2) is 0 Å². The molecule has 0 amide bonds. The topological polar surface area (TPSA) is 47.3 Å². The third kappa shape index (κ3) is 2.38. The highest BCUT2D eigenvalue weighted by Crippen LogP contribution is 2.20. The number of rotatable bonds is 4. The number of nitrogens with zero attached hydrogens (tertiary/aromatic N) is 2. The highest BCUT2D eigenvalue weighted by molar-refractivity contribution is 5.38. The van der Waals surface area contributed by atoms with Gasteiger partial charge in [0.25, 0.3) is 0 Å².